The molecule has 1 atom stereocenters. The third kappa shape index (κ3) is 1.46. The van der Waals surface area contributed by atoms with E-state index in [0.29, 0.717) is 11.4 Å². The highest BCUT2D eigenvalue weighted by Gasteiger charge is 2.31. The Balaban J connectivity index is 2.38. The standard InChI is InChI=1S/C8H12N6O/c1-14-7-5(6(9)13-8(14)10)12-4(3-15)2-11-7/h2,7,11,15H,3H2,1H3,(H3,9,10,13). The predicted octanol–water partition coefficient (Wildman–Crippen LogP) is -1.57. The van der Waals surface area contributed by atoms with Crippen molar-refractivity contribution in [3.05, 3.63) is 11.9 Å². The summed E-state index contributed by atoms with van der Waals surface area (Å²) in [6.07, 6.45) is 1.33. The van der Waals surface area contributed by atoms with Gasteiger partial charge in [0, 0.05) is 13.2 Å². The number of aliphatic hydroxyl groups excluding tert-OH is 1. The smallest absolute Gasteiger partial charge is 0.199 e. The minimum atomic E-state index is -0.273. The molecule has 0 aliphatic carbocycles. The van der Waals surface area contributed by atoms with Crippen molar-refractivity contribution in [1.82, 2.24) is 10.2 Å². The number of fused-ring (bicyclic) bond motifs is 1. The Bertz CT molecular complexity index is 396. The molecule has 2 aliphatic heterocycles. The van der Waals surface area contributed by atoms with Crippen molar-refractivity contribution in [2.24, 2.45) is 15.7 Å². The number of hydrogen-bond donors (Lipinski definition) is 4. The molecule has 2 aliphatic rings. The second kappa shape index (κ2) is 3.35. The van der Waals surface area contributed by atoms with Gasteiger partial charge in [-0.2, -0.15) is 4.99 Å². The van der Waals surface area contributed by atoms with E-state index < -0.39 is 0 Å². The molecule has 7 heteroatoms. The molecular weight excluding hydrogens is 196 g/mol. The third-order valence-corrected chi connectivity index (χ3v) is 2.31. The van der Waals surface area contributed by atoms with Crippen LogP contribution in [0.25, 0.3) is 0 Å². The summed E-state index contributed by atoms with van der Waals surface area (Å²) in [6.45, 7) is -0.167. The Hall–Kier alpha value is -1.89. The Morgan fingerprint density at radius 1 is 1.67 bits per heavy atom. The number of rotatable bonds is 1. The van der Waals surface area contributed by atoms with E-state index >= 15 is 0 Å². The molecule has 0 fully saturated rings. The number of aliphatic hydroxyl groups is 1. The maximum Gasteiger partial charge on any atom is 0.199 e. The minimum Gasteiger partial charge on any atom is -0.390 e. The zero-order chi connectivity index (χ0) is 11.0. The van der Waals surface area contributed by atoms with Gasteiger partial charge in [0.1, 0.15) is 11.9 Å². The average molecular weight is 208 g/mol. The fourth-order valence-electron chi connectivity index (χ4n) is 1.44. The van der Waals surface area contributed by atoms with Gasteiger partial charge in [0.25, 0.3) is 0 Å². The molecule has 0 aromatic heterocycles. The minimum absolute atomic E-state index is 0.0298. The van der Waals surface area contributed by atoms with Gasteiger partial charge >= 0.3 is 0 Å². The summed E-state index contributed by atoms with van der Waals surface area (Å²) in [7, 11) is 1.76. The van der Waals surface area contributed by atoms with Gasteiger partial charge in [-0.05, 0) is 0 Å². The molecule has 0 amide bonds. The molecule has 80 valence electrons. The summed E-state index contributed by atoms with van der Waals surface area (Å²) in [5.41, 5.74) is 6.56. The summed E-state index contributed by atoms with van der Waals surface area (Å²) in [4.78, 5) is 9.65. The molecule has 0 saturated heterocycles. The lowest BCUT2D eigenvalue weighted by molar-refractivity contribution is 0.324. The highest BCUT2D eigenvalue weighted by Crippen LogP contribution is 2.12. The molecular formula is C8H12N6O. The Labute approximate surface area is 86.5 Å². The molecule has 0 aromatic rings. The maximum atomic E-state index is 8.93. The SMILES string of the molecule is CN1C(N)=NC(=N)C2=NC(CO)=CNC21. The van der Waals surface area contributed by atoms with Crippen LogP contribution >= 0.6 is 0 Å². The number of aliphatic imine (C=N–C) groups is 2. The maximum absolute atomic E-state index is 8.93. The summed E-state index contributed by atoms with van der Waals surface area (Å²) >= 11 is 0. The van der Waals surface area contributed by atoms with Crippen LogP contribution in [0, 0.1) is 5.41 Å². The molecule has 7 nitrogen and oxygen atoms in total. The number of amidine groups is 1. The summed E-state index contributed by atoms with van der Waals surface area (Å²) in [5, 5.41) is 19.6. The van der Waals surface area contributed by atoms with E-state index in [4.69, 9.17) is 16.2 Å². The highest BCUT2D eigenvalue weighted by molar-refractivity contribution is 6.45. The van der Waals surface area contributed by atoms with Gasteiger partial charge in [-0.15, -0.1) is 0 Å². The van der Waals surface area contributed by atoms with Crippen LogP contribution in [0.2, 0.25) is 0 Å². The normalized spacial score (nSPS) is 24.9. The van der Waals surface area contributed by atoms with Gasteiger partial charge in [0.2, 0.25) is 0 Å². The number of nitrogens with zero attached hydrogens (tertiary/aromatic N) is 3. The molecule has 0 spiro atoms. The second-order valence-electron chi connectivity index (χ2n) is 3.29. The van der Waals surface area contributed by atoms with Crippen LogP contribution in [0.4, 0.5) is 0 Å². The zero-order valence-corrected chi connectivity index (χ0v) is 8.23. The first-order valence-electron chi connectivity index (χ1n) is 4.44. The summed E-state index contributed by atoms with van der Waals surface area (Å²) in [5.74, 6) is 0.305. The van der Waals surface area contributed by atoms with Gasteiger partial charge in [-0.3, -0.25) is 5.41 Å². The van der Waals surface area contributed by atoms with Gasteiger partial charge in [-0.25, -0.2) is 4.99 Å². The van der Waals surface area contributed by atoms with Crippen LogP contribution in [-0.2, 0) is 0 Å². The highest BCUT2D eigenvalue weighted by atomic mass is 16.3. The van der Waals surface area contributed by atoms with Crippen molar-refractivity contribution in [2.75, 3.05) is 13.7 Å². The molecule has 0 saturated carbocycles. The quantitative estimate of drug-likeness (QED) is 0.417. The lowest BCUT2D eigenvalue weighted by atomic mass is 10.2. The molecule has 0 radical (unpaired) electrons. The lowest BCUT2D eigenvalue weighted by Crippen LogP contribution is -2.58. The van der Waals surface area contributed by atoms with Gasteiger partial charge in [-0.1, -0.05) is 0 Å². The van der Waals surface area contributed by atoms with Gasteiger partial charge in [0.15, 0.2) is 11.8 Å². The van der Waals surface area contributed by atoms with Crippen LogP contribution in [0.5, 0.6) is 0 Å². The molecule has 0 bridgehead atoms. The second-order valence-corrected chi connectivity index (χ2v) is 3.29. The van der Waals surface area contributed by atoms with Crippen molar-refractivity contribution >= 4 is 17.5 Å². The lowest BCUT2D eigenvalue weighted by Gasteiger charge is -2.35. The zero-order valence-electron chi connectivity index (χ0n) is 8.23. The van der Waals surface area contributed by atoms with Crippen molar-refractivity contribution in [1.29, 1.82) is 5.41 Å². The molecule has 2 rings (SSSR count). The van der Waals surface area contributed by atoms with Gasteiger partial charge in [0.05, 0.1) is 12.3 Å². The topological polar surface area (TPSA) is 110 Å². The molecule has 2 heterocycles. The van der Waals surface area contributed by atoms with Crippen LogP contribution in [0.3, 0.4) is 0 Å². The van der Waals surface area contributed by atoms with Crippen LogP contribution < -0.4 is 11.1 Å². The first-order chi connectivity index (χ1) is 7.13. The molecule has 0 aromatic carbocycles. The number of nitrogens with one attached hydrogen (secondary N) is 2. The Morgan fingerprint density at radius 3 is 3.07 bits per heavy atom. The van der Waals surface area contributed by atoms with Crippen molar-refractivity contribution in [3.8, 4) is 0 Å². The van der Waals surface area contributed by atoms with Crippen LogP contribution in [0.1, 0.15) is 0 Å². The average Bonchev–Trinajstić information content (AvgIpc) is 2.25. The Kier molecular flexibility index (Phi) is 2.16. The molecule has 15 heavy (non-hydrogen) atoms. The summed E-state index contributed by atoms with van der Waals surface area (Å²) in [6, 6.07) is 0. The van der Waals surface area contributed by atoms with E-state index in [2.05, 4.69) is 15.3 Å². The third-order valence-electron chi connectivity index (χ3n) is 2.31. The van der Waals surface area contributed by atoms with E-state index in [1.54, 1.807) is 18.1 Å². The van der Waals surface area contributed by atoms with Crippen molar-refractivity contribution in [3.63, 3.8) is 0 Å². The van der Waals surface area contributed by atoms with Crippen molar-refractivity contribution < 1.29 is 5.11 Å². The number of hydrogen-bond acceptors (Lipinski definition) is 6. The van der Waals surface area contributed by atoms with E-state index in [9.17, 15) is 0 Å². The molecule has 5 N–H and O–H groups in total. The van der Waals surface area contributed by atoms with E-state index in [-0.39, 0.29) is 24.6 Å². The summed E-state index contributed by atoms with van der Waals surface area (Å²) < 4.78 is 0. The molecule has 1 unspecified atom stereocenters. The number of guanidine groups is 1. The Morgan fingerprint density at radius 2 is 2.40 bits per heavy atom. The number of nitrogens with two attached hydrogens (primary N) is 1. The van der Waals surface area contributed by atoms with E-state index in [1.165, 1.54) is 0 Å². The van der Waals surface area contributed by atoms with E-state index in [0.717, 1.165) is 0 Å². The first-order valence-corrected chi connectivity index (χ1v) is 4.44. The largest absolute Gasteiger partial charge is 0.390 e. The fourth-order valence-corrected chi connectivity index (χ4v) is 1.44. The fraction of sp³-hybridized carbons (Fsp3) is 0.375. The van der Waals surface area contributed by atoms with Gasteiger partial charge < -0.3 is 21.1 Å². The van der Waals surface area contributed by atoms with E-state index in [1.807, 2.05) is 0 Å². The first kappa shape index (κ1) is 9.66. The van der Waals surface area contributed by atoms with Crippen LogP contribution in [-0.4, -0.2) is 47.3 Å². The van der Waals surface area contributed by atoms with Crippen LogP contribution in [0.15, 0.2) is 21.9 Å². The van der Waals surface area contributed by atoms with Crippen molar-refractivity contribution in [2.45, 2.75) is 6.17 Å². The monoisotopic (exact) mass is 208 g/mol. The predicted molar refractivity (Wildman–Crippen MR) is 56.6 cm³/mol.